The van der Waals surface area contributed by atoms with Crippen molar-refractivity contribution < 1.29 is 14.7 Å². The molecular formula is C25H23N5O3S. The summed E-state index contributed by atoms with van der Waals surface area (Å²) < 4.78 is 1.79. The van der Waals surface area contributed by atoms with E-state index >= 15 is 0 Å². The third-order valence-corrected chi connectivity index (χ3v) is 5.88. The number of para-hydroxylation sites is 1. The monoisotopic (exact) mass is 473 g/mol. The number of phenols is 1. The Kier molecular flexibility index (Phi) is 7.24. The summed E-state index contributed by atoms with van der Waals surface area (Å²) in [6.45, 7) is 1.99. The summed E-state index contributed by atoms with van der Waals surface area (Å²) in [6.07, 6.45) is 0.167. The Bertz CT molecular complexity index is 1290. The smallest absolute Gasteiger partial charge is 0.248 e. The molecule has 172 valence electrons. The number of thioether (sulfide) groups is 1. The number of phenolic OH excluding ortho intramolecular Hbond substituents is 1. The van der Waals surface area contributed by atoms with E-state index in [1.807, 2.05) is 67.6 Å². The van der Waals surface area contributed by atoms with Crippen LogP contribution in [0.15, 0.2) is 84.0 Å². The molecule has 0 radical (unpaired) electrons. The van der Waals surface area contributed by atoms with Crippen LogP contribution in [0.25, 0.3) is 17.1 Å². The van der Waals surface area contributed by atoms with Gasteiger partial charge in [0, 0.05) is 5.69 Å². The van der Waals surface area contributed by atoms with Crippen molar-refractivity contribution in [1.29, 1.82) is 0 Å². The highest BCUT2D eigenvalue weighted by molar-refractivity contribution is 7.99. The number of aromatic nitrogens is 3. The molecule has 0 spiro atoms. The lowest BCUT2D eigenvalue weighted by Gasteiger charge is -2.12. The normalized spacial score (nSPS) is 10.6. The topological polar surface area (TPSA) is 109 Å². The maximum atomic E-state index is 12.4. The molecule has 9 heteroatoms. The van der Waals surface area contributed by atoms with Crippen molar-refractivity contribution in [2.45, 2.75) is 18.5 Å². The molecule has 0 aliphatic heterocycles. The molecule has 0 aliphatic rings. The van der Waals surface area contributed by atoms with Crippen LogP contribution in [0.5, 0.6) is 5.75 Å². The fraction of sp³-hybridized carbons (Fsp3) is 0.120. The number of hydrazine groups is 1. The molecule has 1 aromatic heterocycles. The van der Waals surface area contributed by atoms with Crippen molar-refractivity contribution in [3.63, 3.8) is 0 Å². The highest BCUT2D eigenvalue weighted by Crippen LogP contribution is 2.32. The van der Waals surface area contributed by atoms with Gasteiger partial charge in [0.25, 0.3) is 0 Å². The second kappa shape index (κ2) is 10.7. The molecule has 4 rings (SSSR count). The quantitative estimate of drug-likeness (QED) is 0.280. The Balaban J connectivity index is 1.46. The minimum absolute atomic E-state index is 0.0103. The lowest BCUT2D eigenvalue weighted by molar-refractivity contribution is -0.127. The second-order valence-electron chi connectivity index (χ2n) is 7.54. The molecule has 1 heterocycles. The number of aromatic hydroxyl groups is 1. The molecule has 0 unspecified atom stereocenters. The second-order valence-corrected chi connectivity index (χ2v) is 8.48. The number of carbonyl (C=O) groups excluding carboxylic acids is 2. The van der Waals surface area contributed by atoms with E-state index in [1.165, 1.54) is 11.8 Å². The number of nitrogens with zero attached hydrogens (tertiary/aromatic N) is 3. The first-order chi connectivity index (χ1) is 16.5. The lowest BCUT2D eigenvalue weighted by atomic mass is 10.1. The zero-order valence-electron chi connectivity index (χ0n) is 18.4. The van der Waals surface area contributed by atoms with Gasteiger partial charge in [-0.2, -0.15) is 0 Å². The van der Waals surface area contributed by atoms with Gasteiger partial charge in [-0.15, -0.1) is 10.2 Å². The third kappa shape index (κ3) is 5.62. The van der Waals surface area contributed by atoms with Crippen molar-refractivity contribution in [1.82, 2.24) is 25.6 Å². The zero-order valence-corrected chi connectivity index (χ0v) is 19.2. The fourth-order valence-electron chi connectivity index (χ4n) is 3.26. The molecule has 0 atom stereocenters. The van der Waals surface area contributed by atoms with Gasteiger partial charge in [0.15, 0.2) is 11.0 Å². The first-order valence-corrected chi connectivity index (χ1v) is 11.5. The molecule has 0 fully saturated rings. The summed E-state index contributed by atoms with van der Waals surface area (Å²) in [5.74, 6) is -0.140. The van der Waals surface area contributed by atoms with Crippen molar-refractivity contribution in [3.05, 3.63) is 90.0 Å². The molecule has 8 nitrogen and oxygen atoms in total. The SMILES string of the molecule is Cc1ccc(-n2c(SCC(=O)NNC(=O)Cc3ccccc3)nnc2-c2ccccc2O)cc1. The van der Waals surface area contributed by atoms with Crippen LogP contribution in [-0.2, 0) is 16.0 Å². The van der Waals surface area contributed by atoms with Crippen LogP contribution < -0.4 is 10.9 Å². The van der Waals surface area contributed by atoms with Gasteiger partial charge in [-0.05, 0) is 36.8 Å². The molecular weight excluding hydrogens is 450 g/mol. The van der Waals surface area contributed by atoms with E-state index in [4.69, 9.17) is 0 Å². The van der Waals surface area contributed by atoms with Gasteiger partial charge in [-0.1, -0.05) is 71.9 Å². The maximum Gasteiger partial charge on any atom is 0.248 e. The minimum Gasteiger partial charge on any atom is -0.507 e. The Morgan fingerprint density at radius 3 is 2.29 bits per heavy atom. The Morgan fingerprint density at radius 2 is 1.56 bits per heavy atom. The summed E-state index contributed by atoms with van der Waals surface area (Å²) in [5.41, 5.74) is 8.14. The van der Waals surface area contributed by atoms with E-state index in [0.717, 1.165) is 16.8 Å². The number of hydrogen-bond donors (Lipinski definition) is 3. The number of rotatable bonds is 7. The van der Waals surface area contributed by atoms with E-state index < -0.39 is 0 Å². The third-order valence-electron chi connectivity index (χ3n) is 4.95. The predicted octanol–water partition coefficient (Wildman–Crippen LogP) is 3.43. The molecule has 4 aromatic rings. The largest absolute Gasteiger partial charge is 0.507 e. The van der Waals surface area contributed by atoms with Crippen LogP contribution in [0.1, 0.15) is 11.1 Å². The predicted molar refractivity (Wildman–Crippen MR) is 130 cm³/mol. The van der Waals surface area contributed by atoms with Crippen LogP contribution in [0, 0.1) is 6.92 Å². The Labute approximate surface area is 201 Å². The average molecular weight is 474 g/mol. The highest BCUT2D eigenvalue weighted by atomic mass is 32.2. The van der Waals surface area contributed by atoms with Gasteiger partial charge in [0.1, 0.15) is 5.75 Å². The average Bonchev–Trinajstić information content (AvgIpc) is 3.26. The molecule has 3 N–H and O–H groups in total. The summed E-state index contributed by atoms with van der Waals surface area (Å²) >= 11 is 1.18. The summed E-state index contributed by atoms with van der Waals surface area (Å²) in [4.78, 5) is 24.4. The van der Waals surface area contributed by atoms with Crippen LogP contribution >= 0.6 is 11.8 Å². The summed E-state index contributed by atoms with van der Waals surface area (Å²) in [7, 11) is 0. The van der Waals surface area contributed by atoms with Crippen LogP contribution in [-0.4, -0.2) is 37.4 Å². The molecule has 0 saturated carbocycles. The molecule has 34 heavy (non-hydrogen) atoms. The molecule has 0 saturated heterocycles. The maximum absolute atomic E-state index is 12.4. The zero-order chi connectivity index (χ0) is 23.9. The van der Waals surface area contributed by atoms with Crippen molar-refractivity contribution in [2.75, 3.05) is 5.75 Å². The van der Waals surface area contributed by atoms with E-state index in [2.05, 4.69) is 21.0 Å². The van der Waals surface area contributed by atoms with Gasteiger partial charge < -0.3 is 5.11 Å². The minimum atomic E-state index is -0.381. The summed E-state index contributed by atoms with van der Waals surface area (Å²) in [6, 6.07) is 23.9. The number of carbonyl (C=O) groups is 2. The van der Waals surface area contributed by atoms with Gasteiger partial charge in [0.2, 0.25) is 11.8 Å². The standard InChI is InChI=1S/C25H23N5O3S/c1-17-11-13-19(14-12-17)30-24(20-9-5-6-10-21(20)31)28-29-25(30)34-16-23(33)27-26-22(32)15-18-7-3-2-4-8-18/h2-14,31H,15-16H2,1H3,(H,26,32)(H,27,33). The van der Waals surface area contributed by atoms with Crippen LogP contribution in [0.2, 0.25) is 0 Å². The first-order valence-electron chi connectivity index (χ1n) is 10.6. The van der Waals surface area contributed by atoms with Crippen molar-refractivity contribution >= 4 is 23.6 Å². The van der Waals surface area contributed by atoms with Crippen molar-refractivity contribution in [2.24, 2.45) is 0 Å². The van der Waals surface area contributed by atoms with E-state index in [9.17, 15) is 14.7 Å². The number of benzene rings is 3. The molecule has 0 aliphatic carbocycles. The lowest BCUT2D eigenvalue weighted by Crippen LogP contribution is -2.43. The highest BCUT2D eigenvalue weighted by Gasteiger charge is 2.19. The molecule has 2 amide bonds. The Morgan fingerprint density at radius 1 is 0.882 bits per heavy atom. The Hall–Kier alpha value is -4.11. The number of nitrogens with one attached hydrogen (secondary N) is 2. The van der Waals surface area contributed by atoms with Crippen LogP contribution in [0.4, 0.5) is 0 Å². The van der Waals surface area contributed by atoms with Gasteiger partial charge in [-0.25, -0.2) is 0 Å². The first kappa shape index (κ1) is 23.1. The van der Waals surface area contributed by atoms with Gasteiger partial charge >= 0.3 is 0 Å². The van der Waals surface area contributed by atoms with E-state index in [-0.39, 0.29) is 29.7 Å². The van der Waals surface area contributed by atoms with Gasteiger partial charge in [-0.3, -0.25) is 25.0 Å². The van der Waals surface area contributed by atoms with Gasteiger partial charge in [0.05, 0.1) is 17.7 Å². The molecule has 0 bridgehead atoms. The number of aryl methyl sites for hydroxylation is 1. The van der Waals surface area contributed by atoms with E-state index in [0.29, 0.717) is 16.5 Å². The van der Waals surface area contributed by atoms with Crippen molar-refractivity contribution in [3.8, 4) is 22.8 Å². The fourth-order valence-corrected chi connectivity index (χ4v) is 4.01. The van der Waals surface area contributed by atoms with E-state index in [1.54, 1.807) is 22.8 Å². The number of amides is 2. The summed E-state index contributed by atoms with van der Waals surface area (Å²) in [5, 5.41) is 19.4. The number of hydrogen-bond acceptors (Lipinski definition) is 6. The van der Waals surface area contributed by atoms with Crippen LogP contribution in [0.3, 0.4) is 0 Å². The molecule has 3 aromatic carbocycles.